The molecule has 0 bridgehead atoms. The summed E-state index contributed by atoms with van der Waals surface area (Å²) in [4.78, 5) is 13.0. The van der Waals surface area contributed by atoms with E-state index in [0.29, 0.717) is 24.8 Å². The molecule has 1 aliphatic rings. The lowest BCUT2D eigenvalue weighted by Crippen LogP contribution is -2.51. The molecule has 5 rings (SSSR count). The molecule has 10 nitrogen and oxygen atoms in total. The van der Waals surface area contributed by atoms with Crippen LogP contribution in [0.15, 0.2) is 77.7 Å². The van der Waals surface area contributed by atoms with Gasteiger partial charge in [0.1, 0.15) is 11.9 Å². The van der Waals surface area contributed by atoms with Crippen molar-refractivity contribution in [3.05, 3.63) is 90.0 Å². The lowest BCUT2D eigenvalue weighted by molar-refractivity contribution is -0.126. The zero-order chi connectivity index (χ0) is 27.6. The lowest BCUT2D eigenvalue weighted by Gasteiger charge is -2.29. The molecule has 1 aliphatic heterocycles. The first-order valence-corrected chi connectivity index (χ1v) is 14.2. The smallest absolute Gasteiger partial charge is 0.243 e. The number of nitrogens with two attached hydrogens (primary N) is 1. The SMILES string of the molecule is CC(C)(N)C(=O)N[C@H](COCc1ccccc1)c1nnc2n1CCN(S(=O)(=O)c1ccc3ccccc3c1)C2. The van der Waals surface area contributed by atoms with Crippen molar-refractivity contribution in [3.8, 4) is 0 Å². The molecule has 3 aromatic carbocycles. The molecule has 2 heterocycles. The molecule has 0 radical (unpaired) electrons. The van der Waals surface area contributed by atoms with Gasteiger partial charge in [0, 0.05) is 13.1 Å². The number of hydrogen-bond donors (Lipinski definition) is 2. The van der Waals surface area contributed by atoms with Crippen LogP contribution in [0.1, 0.15) is 37.1 Å². The minimum absolute atomic E-state index is 0.0656. The second kappa shape index (κ2) is 10.9. The molecule has 1 amide bonds. The fraction of sp³-hybridized carbons (Fsp3) is 0.321. The van der Waals surface area contributed by atoms with Crippen molar-refractivity contribution in [3.63, 3.8) is 0 Å². The second-order valence-corrected chi connectivity index (χ2v) is 12.2. The molecule has 11 heteroatoms. The van der Waals surface area contributed by atoms with Crippen LogP contribution in [0.5, 0.6) is 0 Å². The number of hydrogen-bond acceptors (Lipinski definition) is 7. The monoisotopic (exact) mass is 548 g/mol. The minimum Gasteiger partial charge on any atom is -0.374 e. The van der Waals surface area contributed by atoms with E-state index in [2.05, 4.69) is 15.5 Å². The van der Waals surface area contributed by atoms with Gasteiger partial charge in [-0.3, -0.25) is 4.79 Å². The second-order valence-electron chi connectivity index (χ2n) is 10.2. The predicted molar refractivity (Wildman–Crippen MR) is 147 cm³/mol. The third-order valence-corrected chi connectivity index (χ3v) is 8.54. The third-order valence-electron chi connectivity index (χ3n) is 6.70. The maximum absolute atomic E-state index is 13.5. The molecule has 1 atom stereocenters. The van der Waals surface area contributed by atoms with Gasteiger partial charge < -0.3 is 20.4 Å². The van der Waals surface area contributed by atoms with E-state index in [1.165, 1.54) is 4.31 Å². The van der Waals surface area contributed by atoms with Crippen LogP contribution in [0.2, 0.25) is 0 Å². The molecule has 204 valence electrons. The van der Waals surface area contributed by atoms with Gasteiger partial charge >= 0.3 is 0 Å². The zero-order valence-corrected chi connectivity index (χ0v) is 22.8. The van der Waals surface area contributed by atoms with Crippen molar-refractivity contribution >= 4 is 26.7 Å². The Hall–Kier alpha value is -3.64. The van der Waals surface area contributed by atoms with Gasteiger partial charge in [-0.2, -0.15) is 4.31 Å². The van der Waals surface area contributed by atoms with Gasteiger partial charge in [-0.25, -0.2) is 8.42 Å². The molecule has 0 saturated carbocycles. The number of carbonyl (C=O) groups is 1. The third kappa shape index (κ3) is 5.86. The van der Waals surface area contributed by atoms with E-state index >= 15 is 0 Å². The first kappa shape index (κ1) is 26.9. The van der Waals surface area contributed by atoms with Crippen LogP contribution in [0.3, 0.4) is 0 Å². The van der Waals surface area contributed by atoms with Gasteiger partial charge in [0.25, 0.3) is 0 Å². The quantitative estimate of drug-likeness (QED) is 0.329. The number of nitrogens with one attached hydrogen (secondary N) is 1. The van der Waals surface area contributed by atoms with Crippen molar-refractivity contribution < 1.29 is 17.9 Å². The Bertz CT molecular complexity index is 1580. The summed E-state index contributed by atoms with van der Waals surface area (Å²) < 4.78 is 36.2. The number of sulfonamides is 1. The Labute approximate surface area is 227 Å². The van der Waals surface area contributed by atoms with Crippen LogP contribution in [0.4, 0.5) is 0 Å². The molecular formula is C28H32N6O4S. The van der Waals surface area contributed by atoms with Crippen LogP contribution < -0.4 is 11.1 Å². The van der Waals surface area contributed by atoms with Gasteiger partial charge in [-0.05, 0) is 42.3 Å². The largest absolute Gasteiger partial charge is 0.374 e. The van der Waals surface area contributed by atoms with Crippen molar-refractivity contribution in [2.45, 2.75) is 50.0 Å². The minimum atomic E-state index is -3.75. The summed E-state index contributed by atoms with van der Waals surface area (Å²) in [6, 6.07) is 21.9. The fourth-order valence-corrected chi connectivity index (χ4v) is 5.91. The van der Waals surface area contributed by atoms with Crippen LogP contribution in [0.25, 0.3) is 10.8 Å². The first-order chi connectivity index (χ1) is 18.6. The van der Waals surface area contributed by atoms with E-state index in [1.54, 1.807) is 26.0 Å². The molecule has 4 aromatic rings. The highest BCUT2D eigenvalue weighted by Gasteiger charge is 2.34. The molecule has 0 aliphatic carbocycles. The standard InChI is InChI=1S/C28H32N6O4S/c1-28(2,29)27(35)30-24(19-38-18-20-8-4-3-5-9-20)26-32-31-25-17-33(14-15-34(25)26)39(36,37)23-13-12-21-10-6-7-11-22(21)16-23/h3-13,16,24H,14-15,17-19,29H2,1-2H3,(H,30,35)/t24-/m1/s1. The maximum atomic E-state index is 13.5. The lowest BCUT2D eigenvalue weighted by atomic mass is 10.1. The van der Waals surface area contributed by atoms with Crippen molar-refractivity contribution in [1.29, 1.82) is 0 Å². The van der Waals surface area contributed by atoms with Crippen LogP contribution >= 0.6 is 0 Å². The summed E-state index contributed by atoms with van der Waals surface area (Å²) in [6.07, 6.45) is 0. The molecule has 1 aromatic heterocycles. The van der Waals surface area contributed by atoms with E-state index in [1.807, 2.05) is 65.2 Å². The average Bonchev–Trinajstić information content (AvgIpc) is 3.35. The highest BCUT2D eigenvalue weighted by molar-refractivity contribution is 7.89. The maximum Gasteiger partial charge on any atom is 0.243 e. The molecule has 0 spiro atoms. The fourth-order valence-electron chi connectivity index (χ4n) is 4.49. The topological polar surface area (TPSA) is 132 Å². The molecule has 0 fully saturated rings. The van der Waals surface area contributed by atoms with E-state index < -0.39 is 21.6 Å². The number of fused-ring (bicyclic) bond motifs is 2. The van der Waals surface area contributed by atoms with Crippen molar-refractivity contribution in [2.75, 3.05) is 13.2 Å². The highest BCUT2D eigenvalue weighted by Crippen LogP contribution is 2.26. The van der Waals surface area contributed by atoms with Gasteiger partial charge in [0.15, 0.2) is 5.82 Å². The molecular weight excluding hydrogens is 516 g/mol. The van der Waals surface area contributed by atoms with Crippen molar-refractivity contribution in [2.24, 2.45) is 5.73 Å². The molecule has 0 saturated heterocycles. The number of aromatic nitrogens is 3. The number of carbonyl (C=O) groups excluding carboxylic acids is 1. The predicted octanol–water partition coefficient (Wildman–Crippen LogP) is 2.75. The average molecular weight is 549 g/mol. The van der Waals surface area contributed by atoms with Crippen LogP contribution in [-0.2, 0) is 39.3 Å². The Morgan fingerprint density at radius 1 is 1.03 bits per heavy atom. The normalized spacial score (nSPS) is 15.2. The highest BCUT2D eigenvalue weighted by atomic mass is 32.2. The summed E-state index contributed by atoms with van der Waals surface area (Å²) in [5.41, 5.74) is 5.92. The van der Waals surface area contributed by atoms with E-state index in [0.717, 1.165) is 16.3 Å². The number of nitrogens with zero attached hydrogens (tertiary/aromatic N) is 4. The molecule has 0 unspecified atom stereocenters. The Morgan fingerprint density at radius 3 is 2.49 bits per heavy atom. The van der Waals surface area contributed by atoms with Gasteiger partial charge in [-0.1, -0.05) is 60.7 Å². The Kier molecular flexibility index (Phi) is 7.50. The summed E-state index contributed by atoms with van der Waals surface area (Å²) in [7, 11) is -3.75. The van der Waals surface area contributed by atoms with Gasteiger partial charge in [-0.15, -0.1) is 10.2 Å². The zero-order valence-electron chi connectivity index (χ0n) is 21.9. The van der Waals surface area contributed by atoms with E-state index in [-0.39, 0.29) is 30.5 Å². The summed E-state index contributed by atoms with van der Waals surface area (Å²) in [5, 5.41) is 13.4. The number of amides is 1. The summed E-state index contributed by atoms with van der Waals surface area (Å²) in [6.45, 7) is 4.39. The number of ether oxygens (including phenoxy) is 1. The van der Waals surface area contributed by atoms with Gasteiger partial charge in [0.2, 0.25) is 15.9 Å². The van der Waals surface area contributed by atoms with Gasteiger partial charge in [0.05, 0.1) is 30.2 Å². The van der Waals surface area contributed by atoms with Crippen LogP contribution in [0, 0.1) is 0 Å². The number of rotatable bonds is 9. The Balaban J connectivity index is 1.36. The number of benzene rings is 3. The Morgan fingerprint density at radius 2 is 1.74 bits per heavy atom. The summed E-state index contributed by atoms with van der Waals surface area (Å²) in [5.74, 6) is 0.637. The molecule has 39 heavy (non-hydrogen) atoms. The van der Waals surface area contributed by atoms with Crippen LogP contribution in [-0.4, -0.2) is 52.1 Å². The first-order valence-electron chi connectivity index (χ1n) is 12.8. The summed E-state index contributed by atoms with van der Waals surface area (Å²) >= 11 is 0. The van der Waals surface area contributed by atoms with E-state index in [4.69, 9.17) is 10.5 Å². The molecule has 3 N–H and O–H groups in total. The van der Waals surface area contributed by atoms with Crippen molar-refractivity contribution in [1.82, 2.24) is 24.4 Å². The van der Waals surface area contributed by atoms with E-state index in [9.17, 15) is 13.2 Å².